The third-order valence-electron chi connectivity index (χ3n) is 3.44. The highest BCUT2D eigenvalue weighted by atomic mass is 19.1. The smallest absolute Gasteiger partial charge is 0.163 e. The highest BCUT2D eigenvalue weighted by molar-refractivity contribution is 5.99. The van der Waals surface area contributed by atoms with Crippen molar-refractivity contribution in [3.8, 4) is 11.1 Å². The van der Waals surface area contributed by atoms with Crippen molar-refractivity contribution < 1.29 is 9.18 Å². The highest BCUT2D eigenvalue weighted by Gasteiger charge is 2.17. The van der Waals surface area contributed by atoms with Crippen LogP contribution in [-0.2, 0) is 6.42 Å². The lowest BCUT2D eigenvalue weighted by atomic mass is 9.88. The Morgan fingerprint density at radius 2 is 1.78 bits per heavy atom. The van der Waals surface area contributed by atoms with Gasteiger partial charge in [0.25, 0.3) is 0 Å². The van der Waals surface area contributed by atoms with E-state index in [9.17, 15) is 9.18 Å². The number of benzene rings is 2. The molecule has 1 nitrogen and oxygen atoms in total. The summed E-state index contributed by atoms with van der Waals surface area (Å²) >= 11 is 0. The molecule has 0 saturated heterocycles. The maximum atomic E-state index is 13.7. The number of ketones is 1. The number of halogens is 1. The van der Waals surface area contributed by atoms with Crippen LogP contribution < -0.4 is 0 Å². The zero-order valence-corrected chi connectivity index (χ0v) is 9.95. The van der Waals surface area contributed by atoms with Crippen LogP contribution in [0.4, 0.5) is 4.39 Å². The van der Waals surface area contributed by atoms with Gasteiger partial charge in [0.2, 0.25) is 0 Å². The first-order chi connectivity index (χ1) is 8.75. The number of carbonyl (C=O) groups is 1. The molecule has 3 rings (SSSR count). The molecule has 18 heavy (non-hydrogen) atoms. The predicted molar refractivity (Wildman–Crippen MR) is 69.1 cm³/mol. The molecule has 0 aromatic heterocycles. The van der Waals surface area contributed by atoms with Crippen LogP contribution in [0.2, 0.25) is 0 Å². The van der Waals surface area contributed by atoms with E-state index in [1.165, 1.54) is 6.07 Å². The molecule has 0 N–H and O–H groups in total. The van der Waals surface area contributed by atoms with Crippen molar-refractivity contribution in [3.63, 3.8) is 0 Å². The lowest BCUT2D eigenvalue weighted by Gasteiger charge is -2.15. The third kappa shape index (κ3) is 1.84. The molecule has 0 bridgehead atoms. The summed E-state index contributed by atoms with van der Waals surface area (Å²) in [7, 11) is 0. The minimum Gasteiger partial charge on any atom is -0.294 e. The van der Waals surface area contributed by atoms with Gasteiger partial charge in [0, 0.05) is 17.5 Å². The Bertz CT molecular complexity index is 616. The van der Waals surface area contributed by atoms with E-state index in [1.807, 2.05) is 24.3 Å². The van der Waals surface area contributed by atoms with Gasteiger partial charge in [-0.25, -0.2) is 4.39 Å². The van der Waals surface area contributed by atoms with Gasteiger partial charge in [-0.1, -0.05) is 36.4 Å². The Kier molecular flexibility index (Phi) is 2.71. The Morgan fingerprint density at radius 3 is 2.61 bits per heavy atom. The Morgan fingerprint density at radius 1 is 0.944 bits per heavy atom. The average Bonchev–Trinajstić information content (AvgIpc) is 2.39. The Labute approximate surface area is 105 Å². The summed E-state index contributed by atoms with van der Waals surface area (Å²) in [5.41, 5.74) is 3.30. The number of hydrogen-bond donors (Lipinski definition) is 0. The summed E-state index contributed by atoms with van der Waals surface area (Å²) in [6.07, 6.45) is 2.43. The SMILES string of the molecule is O=C1CCCc2cc(-c3ccccc3F)ccc21. The summed E-state index contributed by atoms with van der Waals surface area (Å²) < 4.78 is 13.7. The zero-order valence-electron chi connectivity index (χ0n) is 9.95. The molecule has 0 heterocycles. The number of carbonyl (C=O) groups excluding carboxylic acids is 1. The topological polar surface area (TPSA) is 17.1 Å². The summed E-state index contributed by atoms with van der Waals surface area (Å²) in [6, 6.07) is 12.3. The molecule has 90 valence electrons. The van der Waals surface area contributed by atoms with E-state index >= 15 is 0 Å². The fraction of sp³-hybridized carbons (Fsp3) is 0.188. The van der Waals surface area contributed by atoms with Gasteiger partial charge in [-0.2, -0.15) is 0 Å². The second kappa shape index (κ2) is 4.37. The van der Waals surface area contributed by atoms with Gasteiger partial charge in [0.15, 0.2) is 5.78 Å². The van der Waals surface area contributed by atoms with Crippen LogP contribution in [0.15, 0.2) is 42.5 Å². The number of Topliss-reactive ketones (excluding diaryl/α,β-unsaturated/α-hetero) is 1. The fourth-order valence-electron chi connectivity index (χ4n) is 2.51. The molecule has 0 saturated carbocycles. The van der Waals surface area contributed by atoms with Crippen LogP contribution >= 0.6 is 0 Å². The van der Waals surface area contributed by atoms with Gasteiger partial charge >= 0.3 is 0 Å². The summed E-state index contributed by atoms with van der Waals surface area (Å²) in [5.74, 6) is -0.0177. The first kappa shape index (κ1) is 11.1. The molecule has 0 fully saturated rings. The molecule has 0 unspecified atom stereocenters. The van der Waals surface area contributed by atoms with Gasteiger partial charge in [-0.05, 0) is 30.0 Å². The molecule has 2 heteroatoms. The van der Waals surface area contributed by atoms with Gasteiger partial charge in [-0.15, -0.1) is 0 Å². The average molecular weight is 240 g/mol. The normalized spacial score (nSPS) is 14.4. The van der Waals surface area contributed by atoms with Crippen LogP contribution in [0, 0.1) is 5.82 Å². The minimum absolute atomic E-state index is 0.205. The molecule has 1 aliphatic rings. The molecule has 0 atom stereocenters. The van der Waals surface area contributed by atoms with Gasteiger partial charge < -0.3 is 0 Å². The quantitative estimate of drug-likeness (QED) is 0.736. The van der Waals surface area contributed by atoms with E-state index in [4.69, 9.17) is 0 Å². The van der Waals surface area contributed by atoms with Crippen LogP contribution in [0.3, 0.4) is 0 Å². The van der Waals surface area contributed by atoms with Crippen molar-refractivity contribution in [1.82, 2.24) is 0 Å². The molecule has 0 amide bonds. The lowest BCUT2D eigenvalue weighted by molar-refractivity contribution is 0.0972. The highest BCUT2D eigenvalue weighted by Crippen LogP contribution is 2.28. The Balaban J connectivity index is 2.10. The molecule has 0 radical (unpaired) electrons. The maximum Gasteiger partial charge on any atom is 0.163 e. The van der Waals surface area contributed by atoms with Crippen molar-refractivity contribution in [2.45, 2.75) is 19.3 Å². The first-order valence-corrected chi connectivity index (χ1v) is 6.17. The van der Waals surface area contributed by atoms with E-state index in [0.29, 0.717) is 12.0 Å². The third-order valence-corrected chi connectivity index (χ3v) is 3.44. The summed E-state index contributed by atoms with van der Waals surface area (Å²) in [5, 5.41) is 0. The van der Waals surface area contributed by atoms with Gasteiger partial charge in [-0.3, -0.25) is 4.79 Å². The van der Waals surface area contributed by atoms with E-state index in [0.717, 1.165) is 29.5 Å². The van der Waals surface area contributed by atoms with E-state index in [-0.39, 0.29) is 11.6 Å². The monoisotopic (exact) mass is 240 g/mol. The van der Waals surface area contributed by atoms with Crippen LogP contribution in [0.25, 0.3) is 11.1 Å². The first-order valence-electron chi connectivity index (χ1n) is 6.17. The standard InChI is InChI=1S/C16H13FO/c17-15-6-2-1-5-13(15)12-8-9-14-11(10-12)4-3-7-16(14)18/h1-2,5-6,8-10H,3-4,7H2. The van der Waals surface area contributed by atoms with Crippen LogP contribution in [0.1, 0.15) is 28.8 Å². The number of aryl methyl sites for hydroxylation is 1. The number of rotatable bonds is 1. The molecule has 0 spiro atoms. The van der Waals surface area contributed by atoms with Gasteiger partial charge in [0.1, 0.15) is 5.82 Å². The number of hydrogen-bond acceptors (Lipinski definition) is 1. The van der Waals surface area contributed by atoms with E-state index < -0.39 is 0 Å². The zero-order chi connectivity index (χ0) is 12.5. The summed E-state index contributed by atoms with van der Waals surface area (Å²) in [6.45, 7) is 0. The predicted octanol–water partition coefficient (Wildman–Crippen LogP) is 4.01. The van der Waals surface area contributed by atoms with Crippen molar-refractivity contribution in [3.05, 3.63) is 59.4 Å². The van der Waals surface area contributed by atoms with Crippen LogP contribution in [0.5, 0.6) is 0 Å². The Hall–Kier alpha value is -1.96. The number of fused-ring (bicyclic) bond motifs is 1. The minimum atomic E-state index is -0.223. The molecule has 1 aliphatic carbocycles. The van der Waals surface area contributed by atoms with E-state index in [2.05, 4.69) is 0 Å². The van der Waals surface area contributed by atoms with Crippen LogP contribution in [-0.4, -0.2) is 5.78 Å². The van der Waals surface area contributed by atoms with Crippen molar-refractivity contribution in [1.29, 1.82) is 0 Å². The van der Waals surface area contributed by atoms with Crippen molar-refractivity contribution >= 4 is 5.78 Å². The molecular formula is C16H13FO. The lowest BCUT2D eigenvalue weighted by Crippen LogP contribution is -2.10. The molecule has 2 aromatic carbocycles. The molecule has 0 aliphatic heterocycles. The van der Waals surface area contributed by atoms with Crippen molar-refractivity contribution in [2.75, 3.05) is 0 Å². The fourth-order valence-corrected chi connectivity index (χ4v) is 2.51. The maximum absolute atomic E-state index is 13.7. The second-order valence-electron chi connectivity index (χ2n) is 4.63. The molecule has 2 aromatic rings. The summed E-state index contributed by atoms with van der Waals surface area (Å²) in [4.78, 5) is 11.7. The van der Waals surface area contributed by atoms with Crippen molar-refractivity contribution in [2.24, 2.45) is 0 Å². The van der Waals surface area contributed by atoms with E-state index in [1.54, 1.807) is 12.1 Å². The van der Waals surface area contributed by atoms with Gasteiger partial charge in [0.05, 0.1) is 0 Å². The molecular weight excluding hydrogens is 227 g/mol. The largest absolute Gasteiger partial charge is 0.294 e. The second-order valence-corrected chi connectivity index (χ2v) is 4.63.